The minimum absolute atomic E-state index is 0. The van der Waals surface area contributed by atoms with Crippen LogP contribution >= 0.6 is 34.4 Å². The Labute approximate surface area is 332 Å². The zero-order chi connectivity index (χ0) is 37.0. The van der Waals surface area contributed by atoms with Gasteiger partial charge in [0.05, 0.1) is 0 Å². The number of hydrogen-bond acceptors (Lipinski definition) is 6. The predicted molar refractivity (Wildman–Crippen MR) is 223 cm³/mol. The zero-order valence-electron chi connectivity index (χ0n) is 32.4. The van der Waals surface area contributed by atoms with E-state index in [-0.39, 0.29) is 47.9 Å². The second-order valence-corrected chi connectivity index (χ2v) is 18.4. The fraction of sp³-hybridized carbons (Fsp3) is 0.455. The molecule has 0 amide bonds. The largest absolute Gasteiger partial charge is 0.512 e. The van der Waals surface area contributed by atoms with Gasteiger partial charge in [0.25, 0.3) is 0 Å². The van der Waals surface area contributed by atoms with Gasteiger partial charge in [-0.25, -0.2) is 0 Å². The van der Waals surface area contributed by atoms with E-state index in [9.17, 15) is 9.90 Å². The van der Waals surface area contributed by atoms with Crippen molar-refractivity contribution in [1.82, 2.24) is 4.98 Å². The number of rotatable bonds is 12. The van der Waals surface area contributed by atoms with Gasteiger partial charge in [0.15, 0.2) is 5.78 Å². The number of thioether (sulfide) groups is 1. The van der Waals surface area contributed by atoms with Crippen LogP contribution in [0.3, 0.4) is 0 Å². The van der Waals surface area contributed by atoms with Gasteiger partial charge in [0.1, 0.15) is 5.76 Å². The molecule has 0 aliphatic heterocycles. The Balaban J connectivity index is 0.000000335. The molecule has 2 aromatic carbocycles. The molecule has 0 aliphatic rings. The maximum Gasteiger partial charge on any atom is 0.164 e. The third-order valence-electron chi connectivity index (χ3n) is 10.6. The molecule has 5 rings (SSSR count). The predicted octanol–water partition coefficient (Wildman–Crippen LogP) is 14.5. The molecule has 0 saturated carbocycles. The van der Waals surface area contributed by atoms with Gasteiger partial charge in [-0.2, -0.15) is 11.8 Å². The molecular formula is C44H56IrNO2S3-. The Hall–Kier alpha value is -2.28. The van der Waals surface area contributed by atoms with E-state index < -0.39 is 0 Å². The first kappa shape index (κ1) is 43.1. The average Bonchev–Trinajstić information content (AvgIpc) is 3.66. The number of thiophene rings is 2. The third-order valence-corrected chi connectivity index (χ3v) is 13.5. The number of ketones is 1. The fourth-order valence-electron chi connectivity index (χ4n) is 6.14. The molecule has 1 N–H and O–H groups in total. The summed E-state index contributed by atoms with van der Waals surface area (Å²) in [5, 5.41) is 18.4. The van der Waals surface area contributed by atoms with Crippen LogP contribution in [0.4, 0.5) is 0 Å². The molecule has 0 bridgehead atoms. The Morgan fingerprint density at radius 3 is 2.16 bits per heavy atom. The first-order chi connectivity index (χ1) is 23.5. The molecule has 0 saturated heterocycles. The normalized spacial score (nSPS) is 12.7. The van der Waals surface area contributed by atoms with Gasteiger partial charge in [-0.15, -0.1) is 52.0 Å². The third kappa shape index (κ3) is 9.45. The van der Waals surface area contributed by atoms with Crippen molar-refractivity contribution in [2.45, 2.75) is 119 Å². The standard InChI is InChI=1S/C29H28NS3.C15H28O2.Ir/c1-7-31-24-9-8-18(13-23(24)29(4,5)6)27-28-20(10-11-30-27)22-15-25-21(14-26(22)33-28)19(16-32-25)12-17(2)3;1-7-14(5,8-2)12(16)11-13(17)15(6,9-3)10-4;/h7,9-11,13-17H,1,12H2,2-6H3;11,16H,7-10H2,1-6H3;/q-1;;/b;12-11-;. The molecule has 0 fully saturated rings. The summed E-state index contributed by atoms with van der Waals surface area (Å²) in [4.78, 5) is 18.2. The number of pyridine rings is 1. The summed E-state index contributed by atoms with van der Waals surface area (Å²) in [6, 6.07) is 14.9. The number of hydrogen-bond donors (Lipinski definition) is 1. The van der Waals surface area contributed by atoms with E-state index in [0.29, 0.717) is 5.92 Å². The Kier molecular flexibility index (Phi) is 15.0. The van der Waals surface area contributed by atoms with Crippen LogP contribution in [0, 0.1) is 22.8 Å². The molecule has 51 heavy (non-hydrogen) atoms. The maximum atomic E-state index is 12.2. The molecular weight excluding hydrogens is 863 g/mol. The summed E-state index contributed by atoms with van der Waals surface area (Å²) in [7, 11) is 0. The van der Waals surface area contributed by atoms with Gasteiger partial charge in [-0.05, 0) is 88.8 Å². The van der Waals surface area contributed by atoms with Crippen molar-refractivity contribution in [1.29, 1.82) is 0 Å². The minimum atomic E-state index is -0.337. The molecule has 0 atom stereocenters. The number of aliphatic hydroxyl groups excluding tert-OH is 1. The summed E-state index contributed by atoms with van der Waals surface area (Å²) >= 11 is 5.39. The number of carbonyl (C=O) groups is 1. The average molecular weight is 919 g/mol. The zero-order valence-corrected chi connectivity index (χ0v) is 37.2. The monoisotopic (exact) mass is 919 g/mol. The Bertz CT molecular complexity index is 2000. The smallest absolute Gasteiger partial charge is 0.164 e. The van der Waals surface area contributed by atoms with Crippen LogP contribution in [-0.4, -0.2) is 15.9 Å². The molecule has 3 heterocycles. The first-order valence-electron chi connectivity index (χ1n) is 18.1. The van der Waals surface area contributed by atoms with Gasteiger partial charge in [0.2, 0.25) is 0 Å². The van der Waals surface area contributed by atoms with Gasteiger partial charge in [-0.3, -0.25) is 4.79 Å². The minimum Gasteiger partial charge on any atom is -0.512 e. The Morgan fingerprint density at radius 2 is 1.59 bits per heavy atom. The molecule has 1 radical (unpaired) electrons. The van der Waals surface area contributed by atoms with E-state index >= 15 is 0 Å². The van der Waals surface area contributed by atoms with Gasteiger partial charge >= 0.3 is 0 Å². The quantitative estimate of drug-likeness (QED) is 0.0586. The van der Waals surface area contributed by atoms with E-state index in [1.165, 1.54) is 52.4 Å². The van der Waals surface area contributed by atoms with Gasteiger partial charge < -0.3 is 10.1 Å². The van der Waals surface area contributed by atoms with Gasteiger partial charge in [-0.1, -0.05) is 87.6 Å². The van der Waals surface area contributed by atoms with Crippen LogP contribution in [0.1, 0.15) is 113 Å². The molecule has 0 unspecified atom stereocenters. The van der Waals surface area contributed by atoms with Crippen LogP contribution in [0.15, 0.2) is 70.6 Å². The molecule has 5 aromatic rings. The molecule has 0 aliphatic carbocycles. The number of aromatic nitrogens is 1. The van der Waals surface area contributed by atoms with Crippen molar-refractivity contribution in [2.75, 3.05) is 0 Å². The van der Waals surface area contributed by atoms with E-state index in [2.05, 4.69) is 83.0 Å². The van der Waals surface area contributed by atoms with Crippen molar-refractivity contribution < 1.29 is 30.0 Å². The number of carbonyl (C=O) groups excluding carboxylic acids is 1. The number of nitrogens with zero attached hydrogens (tertiary/aromatic N) is 1. The molecule has 7 heteroatoms. The van der Waals surface area contributed by atoms with Crippen molar-refractivity contribution in [2.24, 2.45) is 16.7 Å². The Morgan fingerprint density at radius 1 is 0.961 bits per heavy atom. The second-order valence-electron chi connectivity index (χ2n) is 15.4. The van der Waals surface area contributed by atoms with E-state index in [1.807, 2.05) is 75.8 Å². The second kappa shape index (κ2) is 17.7. The van der Waals surface area contributed by atoms with E-state index in [1.54, 1.807) is 11.8 Å². The van der Waals surface area contributed by atoms with Crippen LogP contribution in [0.2, 0.25) is 0 Å². The van der Waals surface area contributed by atoms with Gasteiger partial charge in [0, 0.05) is 68.4 Å². The van der Waals surface area contributed by atoms with Crippen LogP contribution in [-0.2, 0) is 36.7 Å². The van der Waals surface area contributed by atoms with E-state index in [4.69, 9.17) is 4.98 Å². The van der Waals surface area contributed by atoms with Crippen LogP contribution in [0.25, 0.3) is 41.5 Å². The molecule has 0 spiro atoms. The topological polar surface area (TPSA) is 50.2 Å². The van der Waals surface area contributed by atoms with Crippen molar-refractivity contribution in [3.8, 4) is 11.3 Å². The first-order valence-corrected chi connectivity index (χ1v) is 20.6. The number of aliphatic hydroxyl groups is 1. The van der Waals surface area contributed by atoms with Crippen LogP contribution in [0.5, 0.6) is 0 Å². The fourth-order valence-corrected chi connectivity index (χ4v) is 9.15. The van der Waals surface area contributed by atoms with Crippen molar-refractivity contribution >= 4 is 70.5 Å². The molecule has 3 aromatic heterocycles. The van der Waals surface area contributed by atoms with E-state index in [0.717, 1.165) is 43.4 Å². The van der Waals surface area contributed by atoms with Crippen LogP contribution < -0.4 is 0 Å². The van der Waals surface area contributed by atoms with Crippen molar-refractivity contribution in [3.05, 3.63) is 82.9 Å². The SMILES string of the molecule is C=CSc1c[c-]c(-c2nccc3c2sc2cc4c(CC(C)C)csc4cc23)cc1C(C)(C)C.CCC(C)(CC)C(=O)/C=C(\O)C(C)(CC)CC.[Ir]. The number of benzene rings is 2. The number of allylic oxidation sites excluding steroid dienone is 2. The summed E-state index contributed by atoms with van der Waals surface area (Å²) in [6.45, 7) is 27.3. The van der Waals surface area contributed by atoms with Crippen molar-refractivity contribution in [3.63, 3.8) is 0 Å². The summed E-state index contributed by atoms with van der Waals surface area (Å²) in [5.74, 6) is 0.945. The summed E-state index contributed by atoms with van der Waals surface area (Å²) in [5.41, 5.74) is 4.29. The molecule has 3 nitrogen and oxygen atoms in total. The number of fused-ring (bicyclic) bond motifs is 4. The molecule has 277 valence electrons. The summed E-state index contributed by atoms with van der Waals surface area (Å²) in [6.07, 6.45) is 7.83. The summed E-state index contributed by atoms with van der Waals surface area (Å²) < 4.78 is 3.96. The maximum absolute atomic E-state index is 12.2.